The van der Waals surface area contributed by atoms with Crippen LogP contribution in [0.15, 0.2) is 24.3 Å². The zero-order valence-corrected chi connectivity index (χ0v) is 15.0. The van der Waals surface area contributed by atoms with Crippen LogP contribution in [0.5, 0.6) is 0 Å². The Hall–Kier alpha value is -0.680. The summed E-state index contributed by atoms with van der Waals surface area (Å²) >= 11 is 0. The van der Waals surface area contributed by atoms with Crippen LogP contribution in [0.4, 0.5) is 0 Å². The summed E-state index contributed by atoms with van der Waals surface area (Å²) in [6.45, 7) is 2.89. The second kappa shape index (κ2) is 10.3. The Morgan fingerprint density at radius 2 is 2.04 bits per heavy atom. The smallest absolute Gasteiger partial charge is 0.0763 e. The number of allylic oxidation sites excluding steroid dienone is 1. The van der Waals surface area contributed by atoms with E-state index in [1.54, 1.807) is 0 Å². The Balaban J connectivity index is 1.82. The van der Waals surface area contributed by atoms with E-state index in [9.17, 15) is 10.2 Å². The third-order valence-corrected chi connectivity index (χ3v) is 5.33. The third kappa shape index (κ3) is 5.69. The monoisotopic (exact) mass is 337 g/mol. The zero-order chi connectivity index (χ0) is 17.4. The molecule has 4 heteroatoms. The molecule has 24 heavy (non-hydrogen) atoms. The Labute approximate surface area is 146 Å². The molecule has 1 heterocycles. The van der Waals surface area contributed by atoms with Gasteiger partial charge in [0.15, 0.2) is 0 Å². The summed E-state index contributed by atoms with van der Waals surface area (Å²) in [7, 11) is 0. The van der Waals surface area contributed by atoms with E-state index in [0.29, 0.717) is 12.3 Å². The quantitative estimate of drug-likeness (QED) is 0.423. The maximum Gasteiger partial charge on any atom is 0.0763 e. The molecule has 0 aromatic carbocycles. The molecule has 1 saturated heterocycles. The number of aliphatic hydroxyl groups is 2. The molecule has 2 aliphatic rings. The molecule has 0 aromatic heterocycles. The first kappa shape index (κ1) is 19.6. The number of unbranched alkanes of at least 4 members (excludes halogenated alkanes) is 3. The van der Waals surface area contributed by atoms with Crippen LogP contribution in [0.2, 0.25) is 0 Å². The van der Waals surface area contributed by atoms with E-state index in [0.717, 1.165) is 45.1 Å². The average molecular weight is 338 g/mol. The fourth-order valence-corrected chi connectivity index (χ4v) is 3.95. The van der Waals surface area contributed by atoms with Crippen LogP contribution >= 0.6 is 0 Å². The van der Waals surface area contributed by atoms with Crippen molar-refractivity contribution in [3.05, 3.63) is 24.3 Å². The van der Waals surface area contributed by atoms with E-state index in [1.165, 1.54) is 6.42 Å². The normalized spacial score (nSPS) is 34.4. The van der Waals surface area contributed by atoms with E-state index in [4.69, 9.17) is 10.5 Å². The van der Waals surface area contributed by atoms with E-state index in [1.807, 2.05) is 12.2 Å². The zero-order valence-electron chi connectivity index (χ0n) is 15.0. The SMILES string of the molecule is CCCCC[C@H](O)C=C[C@H]1[C@H](O)CC2O[C@@H](C=CCCCN)C[C@@H]21. The van der Waals surface area contributed by atoms with Crippen LogP contribution in [0.1, 0.15) is 58.3 Å². The van der Waals surface area contributed by atoms with Crippen molar-refractivity contribution in [2.75, 3.05) is 6.54 Å². The molecule has 0 bridgehead atoms. The lowest BCUT2D eigenvalue weighted by Crippen LogP contribution is -2.19. The van der Waals surface area contributed by atoms with E-state index < -0.39 is 6.10 Å². The molecule has 0 spiro atoms. The highest BCUT2D eigenvalue weighted by Gasteiger charge is 2.47. The maximum atomic E-state index is 10.3. The van der Waals surface area contributed by atoms with Gasteiger partial charge < -0.3 is 20.7 Å². The van der Waals surface area contributed by atoms with Gasteiger partial charge in [-0.15, -0.1) is 0 Å². The highest BCUT2D eigenvalue weighted by atomic mass is 16.5. The number of aliphatic hydroxyl groups excluding tert-OH is 2. The van der Waals surface area contributed by atoms with E-state index >= 15 is 0 Å². The molecule has 2 rings (SSSR count). The second-order valence-electron chi connectivity index (χ2n) is 7.30. The Morgan fingerprint density at radius 1 is 1.21 bits per heavy atom. The van der Waals surface area contributed by atoms with Gasteiger partial charge in [0.05, 0.1) is 24.4 Å². The van der Waals surface area contributed by atoms with Crippen molar-refractivity contribution < 1.29 is 14.9 Å². The van der Waals surface area contributed by atoms with Crippen molar-refractivity contribution in [3.63, 3.8) is 0 Å². The van der Waals surface area contributed by atoms with E-state index in [-0.39, 0.29) is 24.2 Å². The molecule has 1 saturated carbocycles. The summed E-state index contributed by atoms with van der Waals surface area (Å²) < 4.78 is 6.08. The third-order valence-electron chi connectivity index (χ3n) is 5.33. The lowest BCUT2D eigenvalue weighted by Gasteiger charge is -2.17. The molecule has 2 fully saturated rings. The van der Waals surface area contributed by atoms with Crippen molar-refractivity contribution in [2.45, 2.75) is 82.7 Å². The van der Waals surface area contributed by atoms with Crippen LogP contribution in [-0.2, 0) is 4.74 Å². The summed E-state index contributed by atoms with van der Waals surface area (Å²) in [5.41, 5.74) is 5.51. The first-order valence-electron chi connectivity index (χ1n) is 9.72. The molecular weight excluding hydrogens is 302 g/mol. The van der Waals surface area contributed by atoms with Crippen LogP contribution < -0.4 is 5.73 Å². The molecule has 0 aromatic rings. The molecule has 138 valence electrons. The molecule has 1 unspecified atom stereocenters. The van der Waals surface area contributed by atoms with Crippen LogP contribution in [0.25, 0.3) is 0 Å². The van der Waals surface area contributed by atoms with Gasteiger partial charge in [-0.1, -0.05) is 50.5 Å². The van der Waals surface area contributed by atoms with Gasteiger partial charge in [-0.05, 0) is 38.1 Å². The fraction of sp³-hybridized carbons (Fsp3) is 0.800. The molecule has 4 nitrogen and oxygen atoms in total. The summed E-state index contributed by atoms with van der Waals surface area (Å²) in [6.07, 6.45) is 15.7. The van der Waals surface area contributed by atoms with Crippen LogP contribution in [0, 0.1) is 11.8 Å². The number of hydrogen-bond donors (Lipinski definition) is 3. The number of rotatable bonds is 10. The standard InChI is InChI=1S/C20H35NO3/c1-2-3-5-8-15(22)10-11-17-18-13-16(9-6-4-7-12-21)24-20(18)14-19(17)23/h6,9-11,15-20,22-23H,2-5,7-8,12-14,21H2,1H3/t15-,16-,17+,18+,19+,20?/m0/s1. The Bertz CT molecular complexity index is 410. The van der Waals surface area contributed by atoms with Gasteiger partial charge >= 0.3 is 0 Å². The predicted octanol–water partition coefficient (Wildman–Crippen LogP) is 2.93. The Morgan fingerprint density at radius 3 is 2.79 bits per heavy atom. The van der Waals surface area contributed by atoms with Crippen molar-refractivity contribution in [3.8, 4) is 0 Å². The molecule has 1 aliphatic heterocycles. The van der Waals surface area contributed by atoms with Gasteiger partial charge in [0, 0.05) is 12.3 Å². The lowest BCUT2D eigenvalue weighted by molar-refractivity contribution is 0.0497. The van der Waals surface area contributed by atoms with E-state index in [2.05, 4.69) is 19.1 Å². The predicted molar refractivity (Wildman–Crippen MR) is 97.6 cm³/mol. The first-order valence-corrected chi connectivity index (χ1v) is 9.72. The molecule has 0 amide bonds. The first-order chi connectivity index (χ1) is 11.7. The second-order valence-corrected chi connectivity index (χ2v) is 7.30. The van der Waals surface area contributed by atoms with Gasteiger partial charge in [0.1, 0.15) is 0 Å². The van der Waals surface area contributed by atoms with Gasteiger partial charge in [-0.2, -0.15) is 0 Å². The fourth-order valence-electron chi connectivity index (χ4n) is 3.95. The maximum absolute atomic E-state index is 10.3. The number of hydrogen-bond acceptors (Lipinski definition) is 4. The van der Waals surface area contributed by atoms with Crippen LogP contribution in [0.3, 0.4) is 0 Å². The minimum Gasteiger partial charge on any atom is -0.392 e. The minimum atomic E-state index is -0.392. The lowest BCUT2D eigenvalue weighted by atomic mass is 9.89. The van der Waals surface area contributed by atoms with Crippen molar-refractivity contribution in [1.29, 1.82) is 0 Å². The summed E-state index contributed by atoms with van der Waals surface area (Å²) in [6, 6.07) is 0. The number of nitrogens with two attached hydrogens (primary N) is 1. The molecular formula is C20H35NO3. The Kier molecular flexibility index (Phi) is 8.46. The molecule has 0 radical (unpaired) electrons. The van der Waals surface area contributed by atoms with Gasteiger partial charge in [0.25, 0.3) is 0 Å². The van der Waals surface area contributed by atoms with Gasteiger partial charge in [-0.25, -0.2) is 0 Å². The summed E-state index contributed by atoms with van der Waals surface area (Å²) in [4.78, 5) is 0. The van der Waals surface area contributed by atoms with Gasteiger partial charge in [0.2, 0.25) is 0 Å². The minimum absolute atomic E-state index is 0.110. The number of fused-ring (bicyclic) bond motifs is 1. The molecule has 4 N–H and O–H groups in total. The highest BCUT2D eigenvalue weighted by Crippen LogP contribution is 2.44. The van der Waals surface area contributed by atoms with Gasteiger partial charge in [-0.3, -0.25) is 0 Å². The highest BCUT2D eigenvalue weighted by molar-refractivity contribution is 5.09. The summed E-state index contributed by atoms with van der Waals surface area (Å²) in [5, 5.41) is 20.4. The molecule has 6 atom stereocenters. The number of ether oxygens (including phenoxy) is 1. The topological polar surface area (TPSA) is 75.7 Å². The largest absolute Gasteiger partial charge is 0.392 e. The van der Waals surface area contributed by atoms with Crippen molar-refractivity contribution in [2.24, 2.45) is 17.6 Å². The van der Waals surface area contributed by atoms with Crippen molar-refractivity contribution >= 4 is 0 Å². The van der Waals surface area contributed by atoms with Crippen molar-refractivity contribution in [1.82, 2.24) is 0 Å². The average Bonchev–Trinajstić information content (AvgIpc) is 3.06. The molecule has 1 aliphatic carbocycles. The summed E-state index contributed by atoms with van der Waals surface area (Å²) in [5.74, 6) is 0.474. The van der Waals surface area contributed by atoms with Crippen LogP contribution in [-0.4, -0.2) is 41.2 Å².